The first kappa shape index (κ1) is 31.2. The zero-order valence-electron chi connectivity index (χ0n) is 30.0. The van der Waals surface area contributed by atoms with E-state index in [-0.39, 0.29) is 0 Å². The van der Waals surface area contributed by atoms with Crippen molar-refractivity contribution in [3.63, 3.8) is 0 Å². The van der Waals surface area contributed by atoms with Gasteiger partial charge < -0.3 is 4.57 Å². The van der Waals surface area contributed by atoms with Crippen molar-refractivity contribution in [1.29, 1.82) is 0 Å². The lowest BCUT2D eigenvalue weighted by Crippen LogP contribution is -2.01. The number of rotatable bonds is 4. The van der Waals surface area contributed by atoms with Gasteiger partial charge in [-0.2, -0.15) is 0 Å². The maximum Gasteiger partial charge on any atom is 0.164 e. The maximum atomic E-state index is 5.35. The largest absolute Gasteiger partial charge is 0.309 e. The Morgan fingerprint density at radius 2 is 0.964 bits per heavy atom. The highest BCUT2D eigenvalue weighted by molar-refractivity contribution is 7.25. The van der Waals surface area contributed by atoms with Gasteiger partial charge in [-0.1, -0.05) is 140 Å². The van der Waals surface area contributed by atoms with Gasteiger partial charge in [0.2, 0.25) is 0 Å². The predicted octanol–water partition coefficient (Wildman–Crippen LogP) is 13.8. The molecule has 56 heavy (non-hydrogen) atoms. The summed E-state index contributed by atoms with van der Waals surface area (Å²) in [5.74, 6) is 1.95. The molecule has 260 valence electrons. The molecule has 0 N–H and O–H groups in total. The molecule has 0 spiro atoms. The molecule has 0 aliphatic rings. The molecule has 5 heteroatoms. The van der Waals surface area contributed by atoms with E-state index >= 15 is 0 Å². The van der Waals surface area contributed by atoms with Crippen LogP contribution in [0.15, 0.2) is 182 Å². The number of para-hydroxylation sites is 1. The Morgan fingerprint density at radius 3 is 1.84 bits per heavy atom. The van der Waals surface area contributed by atoms with Crippen molar-refractivity contribution >= 4 is 85.6 Å². The molecule has 0 radical (unpaired) electrons. The van der Waals surface area contributed by atoms with Gasteiger partial charge in [0.05, 0.1) is 16.7 Å². The molecule has 0 saturated carbocycles. The zero-order chi connectivity index (χ0) is 36.7. The quantitative estimate of drug-likeness (QED) is 0.181. The monoisotopic (exact) mass is 730 g/mol. The highest BCUT2D eigenvalue weighted by atomic mass is 32.1. The van der Waals surface area contributed by atoms with E-state index in [9.17, 15) is 0 Å². The lowest BCUT2D eigenvalue weighted by atomic mass is 10.0. The van der Waals surface area contributed by atoms with Crippen molar-refractivity contribution in [3.8, 4) is 39.9 Å². The van der Waals surface area contributed by atoms with Gasteiger partial charge >= 0.3 is 0 Å². The number of aromatic nitrogens is 4. The predicted molar refractivity (Wildman–Crippen MR) is 236 cm³/mol. The Hall–Kier alpha value is -7.21. The fraction of sp³-hybridized carbons (Fsp3) is 0. The van der Waals surface area contributed by atoms with Gasteiger partial charge in [-0.3, -0.25) is 0 Å². The Balaban J connectivity index is 1.12. The number of nitrogens with zero attached hydrogens (tertiary/aromatic N) is 4. The van der Waals surface area contributed by atoms with Crippen LogP contribution in [0, 0.1) is 0 Å². The van der Waals surface area contributed by atoms with Gasteiger partial charge in [0.15, 0.2) is 17.5 Å². The first-order valence-electron chi connectivity index (χ1n) is 18.9. The lowest BCUT2D eigenvalue weighted by molar-refractivity contribution is 1.08. The van der Waals surface area contributed by atoms with E-state index in [0.29, 0.717) is 17.5 Å². The van der Waals surface area contributed by atoms with Gasteiger partial charge in [0.25, 0.3) is 0 Å². The third kappa shape index (κ3) is 4.75. The minimum atomic E-state index is 0.644. The number of fused-ring (bicyclic) bond motifs is 9. The molecule has 0 amide bonds. The third-order valence-corrected chi connectivity index (χ3v) is 12.3. The van der Waals surface area contributed by atoms with E-state index in [1.54, 1.807) is 11.3 Å². The van der Waals surface area contributed by atoms with E-state index in [1.165, 1.54) is 58.1 Å². The van der Waals surface area contributed by atoms with Crippen LogP contribution in [-0.4, -0.2) is 19.5 Å². The number of benzene rings is 9. The van der Waals surface area contributed by atoms with Crippen molar-refractivity contribution < 1.29 is 0 Å². The highest BCUT2D eigenvalue weighted by Crippen LogP contribution is 2.41. The van der Waals surface area contributed by atoms with Crippen molar-refractivity contribution in [2.45, 2.75) is 0 Å². The minimum absolute atomic E-state index is 0.644. The van der Waals surface area contributed by atoms with Gasteiger partial charge in [0.1, 0.15) is 0 Å². The highest BCUT2D eigenvalue weighted by Gasteiger charge is 2.20. The Morgan fingerprint density at radius 1 is 0.357 bits per heavy atom. The summed E-state index contributed by atoms with van der Waals surface area (Å²) in [5, 5.41) is 11.9. The summed E-state index contributed by atoms with van der Waals surface area (Å²) in [7, 11) is 0. The van der Waals surface area contributed by atoms with Crippen LogP contribution in [-0.2, 0) is 0 Å². The molecule has 12 rings (SSSR count). The molecule has 9 aromatic carbocycles. The molecular weight excluding hydrogens is 701 g/mol. The molecule has 0 fully saturated rings. The number of thiophene rings is 1. The standard InChI is InChI=1S/C51H30N4S/c1-2-13-32-28-35(27-26-31(32)12-1)49-52-50(54-51(53-49)41-21-11-25-47-48(41)40-17-6-8-24-46(40)56-47)39-20-9-19-37-36(39)18-10-23-44(37)55-43-22-7-5-16-38(43)42-29-33-14-3-4-15-34(33)30-45(42)55/h1-30H. The van der Waals surface area contributed by atoms with Crippen LogP contribution in [0.5, 0.6) is 0 Å². The van der Waals surface area contributed by atoms with E-state index in [0.717, 1.165) is 38.5 Å². The average molecular weight is 731 g/mol. The fourth-order valence-corrected chi connectivity index (χ4v) is 9.77. The first-order valence-corrected chi connectivity index (χ1v) is 19.7. The Bertz CT molecular complexity index is 3560. The summed E-state index contributed by atoms with van der Waals surface area (Å²) < 4.78 is 4.88. The van der Waals surface area contributed by atoms with E-state index in [2.05, 4.69) is 187 Å². The van der Waals surface area contributed by atoms with Crippen molar-refractivity contribution in [2.24, 2.45) is 0 Å². The number of hydrogen-bond donors (Lipinski definition) is 0. The van der Waals surface area contributed by atoms with Crippen LogP contribution in [0.25, 0.3) is 114 Å². The second-order valence-electron chi connectivity index (χ2n) is 14.4. The molecule has 12 aromatic rings. The molecule has 0 atom stereocenters. The lowest BCUT2D eigenvalue weighted by Gasteiger charge is -2.15. The maximum absolute atomic E-state index is 5.35. The molecule has 3 heterocycles. The summed E-state index contributed by atoms with van der Waals surface area (Å²) >= 11 is 1.80. The normalized spacial score (nSPS) is 11.9. The summed E-state index contributed by atoms with van der Waals surface area (Å²) in [6.45, 7) is 0. The second-order valence-corrected chi connectivity index (χ2v) is 15.5. The molecule has 4 nitrogen and oxygen atoms in total. The molecule has 0 unspecified atom stereocenters. The minimum Gasteiger partial charge on any atom is -0.309 e. The fourth-order valence-electron chi connectivity index (χ4n) is 8.63. The topological polar surface area (TPSA) is 43.6 Å². The SMILES string of the molecule is c1ccc2cc(-c3nc(-c4cccc5c(-n6c7ccccc7c7cc8ccccc8cc76)cccc45)nc(-c4cccc5sc6ccccc6c45)n3)ccc2c1. The van der Waals surface area contributed by atoms with Gasteiger partial charge in [-0.15, -0.1) is 11.3 Å². The first-order chi connectivity index (χ1) is 27.7. The number of hydrogen-bond acceptors (Lipinski definition) is 4. The van der Waals surface area contributed by atoms with Crippen LogP contribution in [0.4, 0.5) is 0 Å². The van der Waals surface area contributed by atoms with Gasteiger partial charge in [-0.25, -0.2) is 15.0 Å². The van der Waals surface area contributed by atoms with Crippen LogP contribution in [0.1, 0.15) is 0 Å². The van der Waals surface area contributed by atoms with Gasteiger partial charge in [0, 0.05) is 53.0 Å². The molecule has 0 aliphatic heterocycles. The molecular formula is C51H30N4S. The molecule has 0 aliphatic carbocycles. The molecule has 0 saturated heterocycles. The van der Waals surface area contributed by atoms with Crippen LogP contribution < -0.4 is 0 Å². The van der Waals surface area contributed by atoms with Crippen molar-refractivity contribution in [2.75, 3.05) is 0 Å². The summed E-state index contributed by atoms with van der Waals surface area (Å²) in [6, 6.07) is 65.1. The van der Waals surface area contributed by atoms with Crippen LogP contribution >= 0.6 is 11.3 Å². The van der Waals surface area contributed by atoms with Crippen LogP contribution in [0.3, 0.4) is 0 Å². The van der Waals surface area contributed by atoms with E-state index in [4.69, 9.17) is 15.0 Å². The second kappa shape index (κ2) is 12.2. The Labute approximate surface area is 325 Å². The van der Waals surface area contributed by atoms with Crippen molar-refractivity contribution in [1.82, 2.24) is 19.5 Å². The summed E-state index contributed by atoms with van der Waals surface area (Å²) in [5.41, 5.74) is 6.39. The zero-order valence-corrected chi connectivity index (χ0v) is 30.8. The Kier molecular flexibility index (Phi) is 6.76. The molecule has 0 bridgehead atoms. The van der Waals surface area contributed by atoms with E-state index < -0.39 is 0 Å². The summed E-state index contributed by atoms with van der Waals surface area (Å²) in [6.07, 6.45) is 0. The molecule has 3 aromatic heterocycles. The average Bonchev–Trinajstić information content (AvgIpc) is 3.80. The van der Waals surface area contributed by atoms with Gasteiger partial charge in [-0.05, 0) is 69.4 Å². The summed E-state index contributed by atoms with van der Waals surface area (Å²) in [4.78, 5) is 15.9. The smallest absolute Gasteiger partial charge is 0.164 e. The van der Waals surface area contributed by atoms with E-state index in [1.807, 2.05) is 0 Å². The van der Waals surface area contributed by atoms with Crippen LogP contribution in [0.2, 0.25) is 0 Å². The van der Waals surface area contributed by atoms with Crippen molar-refractivity contribution in [3.05, 3.63) is 182 Å². The third-order valence-electron chi connectivity index (χ3n) is 11.2.